The average Bonchev–Trinajstić information content (AvgIpc) is 3.82. The quantitative estimate of drug-likeness (QED) is 0.172. The summed E-state index contributed by atoms with van der Waals surface area (Å²) < 4.78 is 8.86. The number of hydrogen-bond donors (Lipinski definition) is 0. The lowest BCUT2D eigenvalue weighted by Gasteiger charge is -2.11. The second kappa shape index (κ2) is 13.0. The van der Waals surface area contributed by atoms with Gasteiger partial charge < -0.3 is 8.98 Å². The molecule has 0 fully saturated rings. The normalized spacial score (nSPS) is 11.6. The highest BCUT2D eigenvalue weighted by atomic mass is 16.3. The van der Waals surface area contributed by atoms with Crippen LogP contribution in [0, 0.1) is 0 Å². The van der Waals surface area contributed by atoms with E-state index in [-0.39, 0.29) is 0 Å². The highest BCUT2D eigenvalue weighted by Gasteiger charge is 2.19. The second-order valence-corrected chi connectivity index (χ2v) is 14.0. The molecule has 3 heterocycles. The first kappa shape index (κ1) is 31.9. The minimum absolute atomic E-state index is 0.599. The second-order valence-electron chi connectivity index (χ2n) is 14.0. The van der Waals surface area contributed by atoms with E-state index < -0.39 is 0 Å². The molecule has 0 amide bonds. The maximum atomic E-state index is 6.48. The molecule has 0 aliphatic heterocycles. The predicted molar refractivity (Wildman–Crippen MR) is 229 cm³/mol. The summed E-state index contributed by atoms with van der Waals surface area (Å²) in [4.78, 5) is 15.0. The molecule has 0 atom stereocenters. The lowest BCUT2D eigenvalue weighted by Crippen LogP contribution is -2.00. The highest BCUT2D eigenvalue weighted by Crippen LogP contribution is 2.40. The van der Waals surface area contributed by atoms with E-state index in [1.807, 2.05) is 72.8 Å². The van der Waals surface area contributed by atoms with Crippen molar-refractivity contribution in [1.29, 1.82) is 0 Å². The van der Waals surface area contributed by atoms with Gasteiger partial charge in [-0.3, -0.25) is 0 Å². The monoisotopic (exact) mass is 716 g/mol. The van der Waals surface area contributed by atoms with Crippen LogP contribution in [0.5, 0.6) is 0 Å². The van der Waals surface area contributed by atoms with Crippen molar-refractivity contribution in [2.24, 2.45) is 0 Å². The summed E-state index contributed by atoms with van der Waals surface area (Å²) in [6, 6.07) is 67.6. The highest BCUT2D eigenvalue weighted by molar-refractivity contribution is 6.14. The predicted octanol–water partition coefficient (Wildman–Crippen LogP) is 13.2. The number of nitrogens with zero attached hydrogens (tertiary/aromatic N) is 4. The molecule has 3 aromatic heterocycles. The first-order valence-corrected chi connectivity index (χ1v) is 18.8. The maximum Gasteiger partial charge on any atom is 0.164 e. The number of benzene rings is 8. The minimum Gasteiger partial charge on any atom is -0.456 e. The first-order chi connectivity index (χ1) is 27.7. The smallest absolute Gasteiger partial charge is 0.164 e. The van der Waals surface area contributed by atoms with E-state index in [0.717, 1.165) is 61.0 Å². The van der Waals surface area contributed by atoms with Gasteiger partial charge in [0.15, 0.2) is 17.5 Å². The van der Waals surface area contributed by atoms with E-state index in [1.54, 1.807) is 0 Å². The molecule has 0 unspecified atom stereocenters. The molecule has 5 heteroatoms. The number of rotatable bonds is 6. The summed E-state index contributed by atoms with van der Waals surface area (Å²) >= 11 is 0. The Balaban J connectivity index is 1.07. The van der Waals surface area contributed by atoms with E-state index >= 15 is 0 Å². The average molecular weight is 717 g/mol. The summed E-state index contributed by atoms with van der Waals surface area (Å²) in [6.45, 7) is 0. The van der Waals surface area contributed by atoms with Crippen molar-refractivity contribution in [3.63, 3.8) is 0 Å². The molecule has 0 saturated heterocycles. The SMILES string of the molecule is c1ccc(-c2cccc(-n3c4ccccc4c4cc(-c5ccc6oc7cccc(-c8nc(-c9ccccc9)nc(-c9ccccc9)n8)c7c6c5)ccc43)c2)cc1. The third-order valence-corrected chi connectivity index (χ3v) is 10.7. The standard InChI is InChI=1S/C51H32N4O/c1-4-14-33(15-5-1)36-20-12-21-39(30-36)55-44-24-11-10-22-40(44)42-31-37(26-28-45(42)55)38-27-29-46-43(32-38)48-41(23-13-25-47(48)56-46)51-53-49(34-16-6-2-7-17-34)52-50(54-51)35-18-8-3-9-19-35/h1-32H. The van der Waals surface area contributed by atoms with Crippen LogP contribution in [-0.4, -0.2) is 19.5 Å². The van der Waals surface area contributed by atoms with Crippen LogP contribution in [0.1, 0.15) is 0 Å². The number of hydrogen-bond acceptors (Lipinski definition) is 4. The van der Waals surface area contributed by atoms with Crippen LogP contribution < -0.4 is 0 Å². The third kappa shape index (κ3) is 5.37. The molecule has 0 aliphatic rings. The Morgan fingerprint density at radius 2 is 0.893 bits per heavy atom. The molecule has 11 aromatic rings. The summed E-state index contributed by atoms with van der Waals surface area (Å²) in [6.07, 6.45) is 0. The van der Waals surface area contributed by atoms with Gasteiger partial charge in [0.05, 0.1) is 11.0 Å². The third-order valence-electron chi connectivity index (χ3n) is 10.7. The summed E-state index contributed by atoms with van der Waals surface area (Å²) in [7, 11) is 0. The molecule has 0 aliphatic carbocycles. The number of para-hydroxylation sites is 1. The molecule has 0 saturated carbocycles. The largest absolute Gasteiger partial charge is 0.456 e. The topological polar surface area (TPSA) is 56.7 Å². The van der Waals surface area contributed by atoms with Gasteiger partial charge in [0, 0.05) is 43.9 Å². The Labute approximate surface area is 322 Å². The number of aromatic nitrogens is 4. The fraction of sp³-hybridized carbons (Fsp3) is 0. The Morgan fingerprint density at radius 1 is 0.339 bits per heavy atom. The van der Waals surface area contributed by atoms with Crippen molar-refractivity contribution < 1.29 is 4.42 Å². The van der Waals surface area contributed by atoms with Gasteiger partial charge in [0.1, 0.15) is 11.2 Å². The van der Waals surface area contributed by atoms with Crippen LogP contribution in [0.15, 0.2) is 199 Å². The van der Waals surface area contributed by atoms with Crippen molar-refractivity contribution in [2.45, 2.75) is 0 Å². The Hall–Kier alpha value is -7.63. The van der Waals surface area contributed by atoms with Gasteiger partial charge >= 0.3 is 0 Å². The van der Waals surface area contributed by atoms with Crippen LogP contribution in [0.25, 0.3) is 106 Å². The fourth-order valence-electron chi connectivity index (χ4n) is 8.01. The van der Waals surface area contributed by atoms with Crippen molar-refractivity contribution >= 4 is 43.7 Å². The van der Waals surface area contributed by atoms with E-state index in [2.05, 4.69) is 126 Å². The molecular formula is C51H32N4O. The number of fused-ring (bicyclic) bond motifs is 6. The zero-order chi connectivity index (χ0) is 37.0. The van der Waals surface area contributed by atoms with Crippen molar-refractivity contribution in [1.82, 2.24) is 19.5 Å². The van der Waals surface area contributed by atoms with Gasteiger partial charge in [-0.05, 0) is 70.8 Å². The molecule has 11 rings (SSSR count). The van der Waals surface area contributed by atoms with Crippen LogP contribution in [0.3, 0.4) is 0 Å². The lowest BCUT2D eigenvalue weighted by molar-refractivity contribution is 0.669. The van der Waals surface area contributed by atoms with Crippen LogP contribution in [0.2, 0.25) is 0 Å². The van der Waals surface area contributed by atoms with Crippen LogP contribution in [-0.2, 0) is 0 Å². The first-order valence-electron chi connectivity index (χ1n) is 18.8. The molecule has 0 bridgehead atoms. The molecule has 262 valence electrons. The van der Waals surface area contributed by atoms with E-state index in [1.165, 1.54) is 27.4 Å². The lowest BCUT2D eigenvalue weighted by atomic mass is 9.99. The van der Waals surface area contributed by atoms with Gasteiger partial charge in [0.25, 0.3) is 0 Å². The zero-order valence-corrected chi connectivity index (χ0v) is 30.2. The maximum absolute atomic E-state index is 6.48. The van der Waals surface area contributed by atoms with E-state index in [0.29, 0.717) is 17.5 Å². The summed E-state index contributed by atoms with van der Waals surface area (Å²) in [5.41, 5.74) is 12.4. The summed E-state index contributed by atoms with van der Waals surface area (Å²) in [5, 5.41) is 4.40. The Morgan fingerprint density at radius 3 is 1.62 bits per heavy atom. The van der Waals surface area contributed by atoms with E-state index in [9.17, 15) is 0 Å². The molecule has 8 aromatic carbocycles. The molecule has 0 spiro atoms. The van der Waals surface area contributed by atoms with Crippen molar-refractivity contribution in [3.05, 3.63) is 194 Å². The molecule has 0 N–H and O–H groups in total. The minimum atomic E-state index is 0.599. The number of furan rings is 1. The fourth-order valence-corrected chi connectivity index (χ4v) is 8.01. The van der Waals surface area contributed by atoms with Gasteiger partial charge in [-0.25, -0.2) is 15.0 Å². The Kier molecular flexibility index (Phi) is 7.42. The molecule has 5 nitrogen and oxygen atoms in total. The van der Waals surface area contributed by atoms with Gasteiger partial charge in [-0.1, -0.05) is 146 Å². The van der Waals surface area contributed by atoms with Crippen LogP contribution in [0.4, 0.5) is 0 Å². The van der Waals surface area contributed by atoms with Gasteiger partial charge in [-0.15, -0.1) is 0 Å². The summed E-state index contributed by atoms with van der Waals surface area (Å²) in [5.74, 6) is 1.85. The van der Waals surface area contributed by atoms with Crippen molar-refractivity contribution in [3.8, 4) is 62.1 Å². The Bertz CT molecular complexity index is 3180. The molecule has 56 heavy (non-hydrogen) atoms. The van der Waals surface area contributed by atoms with Gasteiger partial charge in [0.2, 0.25) is 0 Å². The van der Waals surface area contributed by atoms with Crippen molar-refractivity contribution in [2.75, 3.05) is 0 Å². The zero-order valence-electron chi connectivity index (χ0n) is 30.2. The van der Waals surface area contributed by atoms with Gasteiger partial charge in [-0.2, -0.15) is 0 Å². The van der Waals surface area contributed by atoms with E-state index in [4.69, 9.17) is 19.4 Å². The van der Waals surface area contributed by atoms with Crippen LogP contribution >= 0.6 is 0 Å². The molecular weight excluding hydrogens is 685 g/mol. The molecule has 0 radical (unpaired) electrons.